The van der Waals surface area contributed by atoms with E-state index in [0.29, 0.717) is 5.69 Å². The molecule has 1 amide bonds. The van der Waals surface area contributed by atoms with Crippen LogP contribution in [-0.2, 0) is 23.4 Å². The van der Waals surface area contributed by atoms with E-state index in [4.69, 9.17) is 0 Å². The highest BCUT2D eigenvalue weighted by Crippen LogP contribution is 2.43. The van der Waals surface area contributed by atoms with Crippen molar-refractivity contribution in [3.05, 3.63) is 69.7 Å². The number of halogens is 2. The van der Waals surface area contributed by atoms with Crippen molar-refractivity contribution in [2.45, 2.75) is 18.6 Å². The number of benzene rings is 2. The van der Waals surface area contributed by atoms with Crippen LogP contribution in [-0.4, -0.2) is 31.6 Å². The summed E-state index contributed by atoms with van der Waals surface area (Å²) in [4.78, 5) is 14.5. The summed E-state index contributed by atoms with van der Waals surface area (Å²) >= 11 is 3.37. The molecule has 0 radical (unpaired) electrons. The zero-order valence-corrected chi connectivity index (χ0v) is 14.9. The fourth-order valence-corrected chi connectivity index (χ4v) is 3.37. The van der Waals surface area contributed by atoms with Gasteiger partial charge < -0.3 is 10.0 Å². The number of rotatable bonds is 4. The Morgan fingerprint density at radius 3 is 2.69 bits per heavy atom. The molecule has 2 heterocycles. The number of anilines is 1. The molecule has 9 heteroatoms. The van der Waals surface area contributed by atoms with E-state index >= 15 is 0 Å². The number of carbonyl (C=O) groups is 1. The summed E-state index contributed by atoms with van der Waals surface area (Å²) in [6.07, 6.45) is -0.199. The van der Waals surface area contributed by atoms with Crippen molar-refractivity contribution in [3.63, 3.8) is 0 Å². The van der Waals surface area contributed by atoms with E-state index in [1.54, 1.807) is 0 Å². The molecule has 0 fully saturated rings. The SMILES string of the molecule is O=C1N(Cc2ccc(Br)cc2)c2ccc(F)cc2C1(O)Cc1nn[nH]n1. The molecule has 1 unspecified atom stereocenters. The van der Waals surface area contributed by atoms with Crippen LogP contribution in [0.3, 0.4) is 0 Å². The van der Waals surface area contributed by atoms with Gasteiger partial charge in [0.25, 0.3) is 5.91 Å². The van der Waals surface area contributed by atoms with Crippen molar-refractivity contribution in [1.29, 1.82) is 0 Å². The highest BCUT2D eigenvalue weighted by molar-refractivity contribution is 9.10. The first-order valence-corrected chi connectivity index (χ1v) is 8.58. The van der Waals surface area contributed by atoms with Gasteiger partial charge in [-0.25, -0.2) is 4.39 Å². The lowest BCUT2D eigenvalue weighted by molar-refractivity contribution is -0.136. The van der Waals surface area contributed by atoms with Gasteiger partial charge >= 0.3 is 0 Å². The van der Waals surface area contributed by atoms with Crippen LogP contribution in [0.4, 0.5) is 10.1 Å². The van der Waals surface area contributed by atoms with Crippen LogP contribution < -0.4 is 4.90 Å². The molecular formula is C17H13BrFN5O2. The molecule has 0 bridgehead atoms. The number of aromatic nitrogens is 4. The van der Waals surface area contributed by atoms with Crippen LogP contribution in [0.5, 0.6) is 0 Å². The van der Waals surface area contributed by atoms with E-state index < -0.39 is 17.3 Å². The molecule has 1 atom stereocenters. The highest BCUT2D eigenvalue weighted by Gasteiger charge is 2.50. The number of fused-ring (bicyclic) bond motifs is 1. The van der Waals surface area contributed by atoms with Crippen LogP contribution in [0.1, 0.15) is 17.0 Å². The molecule has 0 aliphatic carbocycles. The highest BCUT2D eigenvalue weighted by atomic mass is 79.9. The fourth-order valence-electron chi connectivity index (χ4n) is 3.11. The van der Waals surface area contributed by atoms with E-state index in [-0.39, 0.29) is 24.4 Å². The van der Waals surface area contributed by atoms with Crippen molar-refractivity contribution in [3.8, 4) is 0 Å². The van der Waals surface area contributed by atoms with E-state index in [9.17, 15) is 14.3 Å². The van der Waals surface area contributed by atoms with Crippen LogP contribution in [0.2, 0.25) is 0 Å². The summed E-state index contributed by atoms with van der Waals surface area (Å²) in [5.74, 6) is -0.916. The quantitative estimate of drug-likeness (QED) is 0.677. The maximum atomic E-state index is 13.8. The largest absolute Gasteiger partial charge is 0.375 e. The van der Waals surface area contributed by atoms with Gasteiger partial charge in [-0.3, -0.25) is 4.79 Å². The lowest BCUT2D eigenvalue weighted by atomic mass is 9.91. The third-order valence-corrected chi connectivity index (χ3v) is 4.88. The van der Waals surface area contributed by atoms with Crippen molar-refractivity contribution in [2.24, 2.45) is 0 Å². The second-order valence-corrected chi connectivity index (χ2v) is 6.96. The van der Waals surface area contributed by atoms with Crippen LogP contribution in [0.25, 0.3) is 0 Å². The molecule has 2 aromatic carbocycles. The molecule has 132 valence electrons. The number of nitrogens with one attached hydrogen (secondary N) is 1. The summed E-state index contributed by atoms with van der Waals surface area (Å²) in [6.45, 7) is 0.249. The summed E-state index contributed by atoms with van der Waals surface area (Å²) in [5.41, 5.74) is -0.410. The third-order valence-electron chi connectivity index (χ3n) is 4.35. The van der Waals surface area contributed by atoms with Crippen molar-refractivity contribution < 1.29 is 14.3 Å². The maximum absolute atomic E-state index is 13.8. The van der Waals surface area contributed by atoms with Gasteiger partial charge in [0.05, 0.1) is 18.7 Å². The Kier molecular flexibility index (Phi) is 4.04. The number of H-pyrrole nitrogens is 1. The molecule has 7 nitrogen and oxygen atoms in total. The van der Waals surface area contributed by atoms with E-state index in [0.717, 1.165) is 10.0 Å². The fraction of sp³-hybridized carbons (Fsp3) is 0.176. The number of amides is 1. The minimum absolute atomic E-state index is 0.168. The monoisotopic (exact) mass is 417 g/mol. The number of hydrogen-bond acceptors (Lipinski definition) is 5. The predicted molar refractivity (Wildman–Crippen MR) is 93.5 cm³/mol. The molecule has 0 spiro atoms. The second-order valence-electron chi connectivity index (χ2n) is 6.04. The first-order valence-electron chi connectivity index (χ1n) is 7.78. The molecule has 0 saturated carbocycles. The van der Waals surface area contributed by atoms with Crippen LogP contribution in [0.15, 0.2) is 46.9 Å². The van der Waals surface area contributed by atoms with Gasteiger partial charge in [0, 0.05) is 10.0 Å². The van der Waals surface area contributed by atoms with Gasteiger partial charge in [0.15, 0.2) is 11.4 Å². The molecule has 1 aliphatic heterocycles. The molecule has 1 aromatic heterocycles. The second kappa shape index (κ2) is 6.26. The Bertz CT molecular complexity index is 964. The molecule has 2 N–H and O–H groups in total. The molecule has 1 aliphatic rings. The van der Waals surface area contributed by atoms with Gasteiger partial charge in [0.2, 0.25) is 0 Å². The van der Waals surface area contributed by atoms with E-state index in [1.165, 1.54) is 23.1 Å². The Labute approximate surface area is 156 Å². The summed E-state index contributed by atoms with van der Waals surface area (Å²) in [6, 6.07) is 11.4. The number of carbonyl (C=O) groups excluding carboxylic acids is 1. The van der Waals surface area contributed by atoms with Gasteiger partial charge in [-0.1, -0.05) is 33.3 Å². The minimum Gasteiger partial charge on any atom is -0.375 e. The lowest BCUT2D eigenvalue weighted by Gasteiger charge is -2.22. The number of tetrazole rings is 1. The Morgan fingerprint density at radius 1 is 1.23 bits per heavy atom. The van der Waals surface area contributed by atoms with Crippen molar-refractivity contribution in [1.82, 2.24) is 20.6 Å². The van der Waals surface area contributed by atoms with E-state index in [1.807, 2.05) is 24.3 Å². The molecular weight excluding hydrogens is 405 g/mol. The van der Waals surface area contributed by atoms with E-state index in [2.05, 4.69) is 36.6 Å². The maximum Gasteiger partial charge on any atom is 0.264 e. The van der Waals surface area contributed by atoms with Gasteiger partial charge in [-0.2, -0.15) is 5.21 Å². The zero-order chi connectivity index (χ0) is 18.3. The Balaban J connectivity index is 1.75. The topological polar surface area (TPSA) is 95.0 Å². The van der Waals surface area contributed by atoms with Crippen molar-refractivity contribution >= 4 is 27.5 Å². The Morgan fingerprint density at radius 2 is 2.00 bits per heavy atom. The van der Waals surface area contributed by atoms with Crippen LogP contribution in [0, 0.1) is 5.82 Å². The number of nitrogens with zero attached hydrogens (tertiary/aromatic N) is 4. The molecule has 0 saturated heterocycles. The van der Waals surface area contributed by atoms with Gasteiger partial charge in [0.1, 0.15) is 5.82 Å². The molecule has 3 aromatic rings. The standard InChI is InChI=1S/C17H13BrFN5O2/c18-11-3-1-10(2-4-11)9-24-14-6-5-12(19)7-13(14)17(26,16(24)25)8-15-20-22-23-21-15/h1-7,26H,8-9H2,(H,20,21,22,23). The third kappa shape index (κ3) is 2.78. The minimum atomic E-state index is -1.95. The van der Waals surface area contributed by atoms with Crippen LogP contribution >= 0.6 is 15.9 Å². The Hall–Kier alpha value is -2.65. The normalized spacial score (nSPS) is 19.0. The summed E-state index contributed by atoms with van der Waals surface area (Å²) in [5, 5.41) is 24.4. The lowest BCUT2D eigenvalue weighted by Crippen LogP contribution is -2.42. The number of aliphatic hydroxyl groups is 1. The van der Waals surface area contributed by atoms with Crippen molar-refractivity contribution in [2.75, 3.05) is 4.90 Å². The first kappa shape index (κ1) is 16.8. The molecule has 26 heavy (non-hydrogen) atoms. The molecule has 4 rings (SSSR count). The number of hydrogen-bond donors (Lipinski definition) is 2. The van der Waals surface area contributed by atoms with Gasteiger partial charge in [-0.15, -0.1) is 10.2 Å². The first-order chi connectivity index (χ1) is 12.5. The number of aromatic amines is 1. The smallest absolute Gasteiger partial charge is 0.264 e. The summed E-state index contributed by atoms with van der Waals surface area (Å²) in [7, 11) is 0. The van der Waals surface area contributed by atoms with Gasteiger partial charge in [-0.05, 0) is 35.9 Å². The average Bonchev–Trinajstić information content (AvgIpc) is 3.19. The summed E-state index contributed by atoms with van der Waals surface area (Å²) < 4.78 is 14.7. The average molecular weight is 418 g/mol. The predicted octanol–water partition coefficient (Wildman–Crippen LogP) is 2.08. The zero-order valence-electron chi connectivity index (χ0n) is 13.4.